The number of carboxylic acid groups (broad SMARTS) is 1. The Bertz CT molecular complexity index is 412. The van der Waals surface area contributed by atoms with Crippen LogP contribution < -0.4 is 5.32 Å². The van der Waals surface area contributed by atoms with E-state index in [9.17, 15) is 9.59 Å². The molecule has 5 nitrogen and oxygen atoms in total. The number of hydrogen-bond donors (Lipinski definition) is 2. The highest BCUT2D eigenvalue weighted by Crippen LogP contribution is 2.27. The highest BCUT2D eigenvalue weighted by Gasteiger charge is 2.18. The van der Waals surface area contributed by atoms with Gasteiger partial charge in [-0.05, 0) is 34.5 Å². The first-order valence-corrected chi connectivity index (χ1v) is 6.36. The molecular formula is C10H12BrNO4S. The number of ether oxygens (including phenoxy) is 1. The maximum Gasteiger partial charge on any atom is 0.334 e. The molecule has 1 aromatic heterocycles. The van der Waals surface area contributed by atoms with Crippen LogP contribution in [0.15, 0.2) is 9.85 Å². The summed E-state index contributed by atoms with van der Waals surface area (Å²) < 4.78 is 5.60. The minimum absolute atomic E-state index is 0.0563. The van der Waals surface area contributed by atoms with Crippen molar-refractivity contribution < 1.29 is 19.4 Å². The van der Waals surface area contributed by atoms with Crippen molar-refractivity contribution in [3.63, 3.8) is 0 Å². The van der Waals surface area contributed by atoms with Crippen LogP contribution in [0.1, 0.15) is 15.2 Å². The fourth-order valence-electron chi connectivity index (χ4n) is 1.12. The lowest BCUT2D eigenvalue weighted by molar-refractivity contribution is -0.147. The highest BCUT2D eigenvalue weighted by molar-refractivity contribution is 9.11. The average Bonchev–Trinajstić information content (AvgIpc) is 2.59. The molecule has 0 saturated carbocycles. The van der Waals surface area contributed by atoms with Crippen LogP contribution in [0, 0.1) is 6.92 Å². The van der Waals surface area contributed by atoms with Gasteiger partial charge in [-0.1, -0.05) is 0 Å². The van der Waals surface area contributed by atoms with Crippen molar-refractivity contribution in [1.82, 2.24) is 5.32 Å². The molecule has 0 aliphatic heterocycles. The van der Waals surface area contributed by atoms with Crippen molar-refractivity contribution in [2.24, 2.45) is 0 Å². The summed E-state index contributed by atoms with van der Waals surface area (Å²) in [6, 6.07) is 1.74. The Morgan fingerprint density at radius 1 is 1.65 bits per heavy atom. The lowest BCUT2D eigenvalue weighted by Gasteiger charge is -2.10. The number of rotatable bonds is 5. The van der Waals surface area contributed by atoms with E-state index in [-0.39, 0.29) is 12.5 Å². The molecule has 94 valence electrons. The zero-order chi connectivity index (χ0) is 13.0. The van der Waals surface area contributed by atoms with E-state index in [1.165, 1.54) is 18.4 Å². The van der Waals surface area contributed by atoms with Crippen LogP contribution in [0.2, 0.25) is 0 Å². The molecule has 1 aromatic rings. The topological polar surface area (TPSA) is 75.6 Å². The van der Waals surface area contributed by atoms with Gasteiger partial charge in [-0.3, -0.25) is 4.79 Å². The largest absolute Gasteiger partial charge is 0.479 e. The second-order valence-corrected chi connectivity index (χ2v) is 5.71. The molecular weight excluding hydrogens is 310 g/mol. The van der Waals surface area contributed by atoms with E-state index in [2.05, 4.69) is 21.2 Å². The van der Waals surface area contributed by atoms with Crippen LogP contribution in [-0.2, 0) is 9.53 Å². The summed E-state index contributed by atoms with van der Waals surface area (Å²) >= 11 is 4.63. The summed E-state index contributed by atoms with van der Waals surface area (Å²) in [4.78, 5) is 22.9. The predicted octanol–water partition coefficient (Wildman–Crippen LogP) is 1.65. The van der Waals surface area contributed by atoms with Gasteiger partial charge in [0.25, 0.3) is 5.91 Å². The Kier molecular flexibility index (Phi) is 5.10. The van der Waals surface area contributed by atoms with Gasteiger partial charge in [0.15, 0.2) is 6.10 Å². The van der Waals surface area contributed by atoms with Gasteiger partial charge in [-0.2, -0.15) is 0 Å². The molecule has 0 aromatic carbocycles. The molecule has 0 bridgehead atoms. The number of thiophene rings is 1. The molecule has 1 amide bonds. The monoisotopic (exact) mass is 321 g/mol. The number of aryl methyl sites for hydroxylation is 1. The second kappa shape index (κ2) is 6.13. The maximum atomic E-state index is 11.7. The van der Waals surface area contributed by atoms with E-state index in [4.69, 9.17) is 9.84 Å². The van der Waals surface area contributed by atoms with Crippen LogP contribution in [0.4, 0.5) is 0 Å². The molecule has 7 heteroatoms. The van der Waals surface area contributed by atoms with E-state index in [0.717, 1.165) is 9.35 Å². The molecule has 1 atom stereocenters. The maximum absolute atomic E-state index is 11.7. The summed E-state index contributed by atoms with van der Waals surface area (Å²) in [7, 11) is 1.29. The smallest absolute Gasteiger partial charge is 0.334 e. The second-order valence-electron chi connectivity index (χ2n) is 3.34. The van der Waals surface area contributed by atoms with Crippen molar-refractivity contribution in [2.45, 2.75) is 13.0 Å². The molecule has 0 spiro atoms. The first-order chi connectivity index (χ1) is 7.95. The van der Waals surface area contributed by atoms with Crippen LogP contribution in [0.5, 0.6) is 0 Å². The Morgan fingerprint density at radius 2 is 2.29 bits per heavy atom. The lowest BCUT2D eigenvalue weighted by Crippen LogP contribution is -2.37. The third kappa shape index (κ3) is 3.79. The molecule has 1 heterocycles. The molecule has 1 rings (SSSR count). The number of carboxylic acids is 1. The van der Waals surface area contributed by atoms with Crippen molar-refractivity contribution in [3.05, 3.63) is 20.3 Å². The average molecular weight is 322 g/mol. The number of nitrogens with one attached hydrogen (secondary N) is 1. The third-order valence-corrected chi connectivity index (χ3v) is 4.22. The molecule has 0 aliphatic rings. The molecule has 0 aliphatic carbocycles. The Hall–Kier alpha value is -0.920. The molecule has 2 N–H and O–H groups in total. The molecule has 0 radical (unpaired) electrons. The Balaban J connectivity index is 2.58. The lowest BCUT2D eigenvalue weighted by atomic mass is 10.3. The van der Waals surface area contributed by atoms with E-state index in [1.807, 2.05) is 6.92 Å². The fourth-order valence-corrected chi connectivity index (χ4v) is 2.57. The van der Waals surface area contributed by atoms with Crippen LogP contribution >= 0.6 is 27.3 Å². The number of carbonyl (C=O) groups is 2. The normalized spacial score (nSPS) is 12.2. The number of hydrogen-bond acceptors (Lipinski definition) is 4. The number of aliphatic carboxylic acids is 1. The zero-order valence-corrected chi connectivity index (χ0v) is 11.7. The van der Waals surface area contributed by atoms with E-state index >= 15 is 0 Å². The van der Waals surface area contributed by atoms with Crippen LogP contribution in [0.3, 0.4) is 0 Å². The first kappa shape index (κ1) is 14.1. The summed E-state index contributed by atoms with van der Waals surface area (Å²) in [5, 5.41) is 11.2. The first-order valence-electron chi connectivity index (χ1n) is 4.75. The van der Waals surface area contributed by atoms with Crippen LogP contribution in [0.25, 0.3) is 0 Å². The van der Waals surface area contributed by atoms with Gasteiger partial charge in [0, 0.05) is 7.11 Å². The summed E-state index contributed by atoms with van der Waals surface area (Å²) in [6.07, 6.45) is -1.02. The van der Waals surface area contributed by atoms with Crippen molar-refractivity contribution in [1.29, 1.82) is 0 Å². The third-order valence-electron chi connectivity index (χ3n) is 2.09. The highest BCUT2D eigenvalue weighted by atomic mass is 79.9. The zero-order valence-electron chi connectivity index (χ0n) is 9.32. The van der Waals surface area contributed by atoms with Gasteiger partial charge in [-0.15, -0.1) is 11.3 Å². The number of halogens is 1. The van der Waals surface area contributed by atoms with Crippen molar-refractivity contribution >= 4 is 39.1 Å². The molecule has 1 unspecified atom stereocenters. The molecule has 0 fully saturated rings. The minimum Gasteiger partial charge on any atom is -0.479 e. The van der Waals surface area contributed by atoms with Gasteiger partial charge in [-0.25, -0.2) is 4.79 Å². The van der Waals surface area contributed by atoms with Crippen molar-refractivity contribution in [2.75, 3.05) is 13.7 Å². The van der Waals surface area contributed by atoms with Crippen molar-refractivity contribution in [3.8, 4) is 0 Å². The number of methoxy groups -OCH3 is 1. The Labute approximate surface area is 111 Å². The van der Waals surface area contributed by atoms with Gasteiger partial charge >= 0.3 is 5.97 Å². The SMILES string of the molecule is COC(CNC(=O)c1cc(C)c(Br)s1)C(=O)O. The molecule has 0 saturated heterocycles. The summed E-state index contributed by atoms with van der Waals surface area (Å²) in [5.74, 6) is -1.40. The number of carbonyl (C=O) groups excluding carboxylic acids is 1. The fraction of sp³-hybridized carbons (Fsp3) is 0.400. The van der Waals surface area contributed by atoms with Gasteiger partial charge in [0.05, 0.1) is 15.2 Å². The standard InChI is InChI=1S/C10H12BrNO4S/c1-5-3-7(17-8(5)11)9(13)12-4-6(16-2)10(14)15/h3,6H,4H2,1-2H3,(H,12,13)(H,14,15). The van der Waals surface area contributed by atoms with Crippen LogP contribution in [-0.4, -0.2) is 36.7 Å². The van der Waals surface area contributed by atoms with E-state index < -0.39 is 12.1 Å². The summed E-state index contributed by atoms with van der Waals surface area (Å²) in [5.41, 5.74) is 0.974. The van der Waals surface area contributed by atoms with E-state index in [1.54, 1.807) is 6.07 Å². The molecule has 17 heavy (non-hydrogen) atoms. The van der Waals surface area contributed by atoms with Gasteiger partial charge < -0.3 is 15.2 Å². The predicted molar refractivity (Wildman–Crippen MR) is 67.5 cm³/mol. The number of amides is 1. The Morgan fingerprint density at radius 3 is 2.71 bits per heavy atom. The summed E-state index contributed by atoms with van der Waals surface area (Å²) in [6.45, 7) is 1.83. The quantitative estimate of drug-likeness (QED) is 0.864. The van der Waals surface area contributed by atoms with E-state index in [0.29, 0.717) is 4.88 Å². The minimum atomic E-state index is -1.10. The van der Waals surface area contributed by atoms with Gasteiger partial charge in [0.1, 0.15) is 0 Å². The van der Waals surface area contributed by atoms with Gasteiger partial charge in [0.2, 0.25) is 0 Å².